The largest absolute Gasteiger partial charge is 0.495 e. The molecule has 0 bridgehead atoms. The Labute approximate surface area is 126 Å². The van der Waals surface area contributed by atoms with E-state index in [0.717, 1.165) is 37.2 Å². The molecule has 116 valence electrons. The standard InChI is InChI=1S/C16H25N3O2/c1-16(8-5-9-17-16)15(20)18-13-10-12(11-19(2)3)6-7-14(13)21-4/h6-7,10,17H,5,8-9,11H2,1-4H3,(H,18,20). The van der Waals surface area contributed by atoms with E-state index in [1.807, 2.05) is 39.2 Å². The van der Waals surface area contributed by atoms with Crippen molar-refractivity contribution >= 4 is 11.6 Å². The van der Waals surface area contributed by atoms with Crippen LogP contribution in [0.4, 0.5) is 5.69 Å². The fourth-order valence-corrected chi connectivity index (χ4v) is 2.66. The second-order valence-corrected chi connectivity index (χ2v) is 6.09. The molecule has 1 saturated heterocycles. The molecule has 0 saturated carbocycles. The number of anilines is 1. The van der Waals surface area contributed by atoms with E-state index >= 15 is 0 Å². The Morgan fingerprint density at radius 1 is 1.48 bits per heavy atom. The van der Waals surface area contributed by atoms with Gasteiger partial charge in [0.25, 0.3) is 0 Å². The molecule has 2 N–H and O–H groups in total. The highest BCUT2D eigenvalue weighted by Gasteiger charge is 2.36. The predicted molar refractivity (Wildman–Crippen MR) is 84.7 cm³/mol. The molecule has 0 spiro atoms. The topological polar surface area (TPSA) is 53.6 Å². The van der Waals surface area contributed by atoms with E-state index in [4.69, 9.17) is 4.74 Å². The van der Waals surface area contributed by atoms with Crippen molar-refractivity contribution in [2.75, 3.05) is 33.1 Å². The lowest BCUT2D eigenvalue weighted by Gasteiger charge is -2.24. The van der Waals surface area contributed by atoms with Crippen LogP contribution in [-0.2, 0) is 11.3 Å². The first kappa shape index (κ1) is 15.8. The van der Waals surface area contributed by atoms with Crippen LogP contribution >= 0.6 is 0 Å². The fraction of sp³-hybridized carbons (Fsp3) is 0.562. The van der Waals surface area contributed by atoms with Gasteiger partial charge in [-0.25, -0.2) is 0 Å². The molecule has 2 rings (SSSR count). The van der Waals surface area contributed by atoms with Crippen molar-refractivity contribution in [2.45, 2.75) is 31.8 Å². The molecule has 1 aliphatic rings. The third-order valence-corrected chi connectivity index (χ3v) is 3.88. The number of amides is 1. The molecule has 1 amide bonds. The van der Waals surface area contributed by atoms with Crippen LogP contribution in [-0.4, -0.2) is 44.1 Å². The van der Waals surface area contributed by atoms with E-state index in [0.29, 0.717) is 5.75 Å². The molecule has 0 aromatic heterocycles. The Bertz CT molecular complexity index is 508. The summed E-state index contributed by atoms with van der Waals surface area (Å²) >= 11 is 0. The SMILES string of the molecule is COc1ccc(CN(C)C)cc1NC(=O)C1(C)CCCN1. The highest BCUT2D eigenvalue weighted by atomic mass is 16.5. The van der Waals surface area contributed by atoms with Crippen molar-refractivity contribution < 1.29 is 9.53 Å². The van der Waals surface area contributed by atoms with Crippen molar-refractivity contribution in [1.29, 1.82) is 0 Å². The van der Waals surface area contributed by atoms with Gasteiger partial charge >= 0.3 is 0 Å². The van der Waals surface area contributed by atoms with Crippen LogP contribution in [0.5, 0.6) is 5.75 Å². The van der Waals surface area contributed by atoms with E-state index in [-0.39, 0.29) is 5.91 Å². The second-order valence-electron chi connectivity index (χ2n) is 6.09. The van der Waals surface area contributed by atoms with Gasteiger partial charge in [-0.05, 0) is 58.1 Å². The zero-order valence-corrected chi connectivity index (χ0v) is 13.3. The summed E-state index contributed by atoms with van der Waals surface area (Å²) in [6.45, 7) is 3.66. The average molecular weight is 291 g/mol. The summed E-state index contributed by atoms with van der Waals surface area (Å²) in [6, 6.07) is 5.90. The van der Waals surface area contributed by atoms with Crippen LogP contribution in [0.15, 0.2) is 18.2 Å². The van der Waals surface area contributed by atoms with Crippen molar-refractivity contribution in [1.82, 2.24) is 10.2 Å². The minimum atomic E-state index is -0.484. The van der Waals surface area contributed by atoms with E-state index in [1.165, 1.54) is 0 Å². The highest BCUT2D eigenvalue weighted by Crippen LogP contribution is 2.28. The van der Waals surface area contributed by atoms with E-state index < -0.39 is 5.54 Å². The lowest BCUT2D eigenvalue weighted by atomic mass is 9.99. The van der Waals surface area contributed by atoms with Gasteiger partial charge in [-0.15, -0.1) is 0 Å². The van der Waals surface area contributed by atoms with Gasteiger partial charge in [0.15, 0.2) is 0 Å². The number of nitrogens with one attached hydrogen (secondary N) is 2. The zero-order chi connectivity index (χ0) is 15.5. The average Bonchev–Trinajstić information content (AvgIpc) is 2.87. The minimum Gasteiger partial charge on any atom is -0.495 e. The Hall–Kier alpha value is -1.59. The maximum Gasteiger partial charge on any atom is 0.244 e. The zero-order valence-electron chi connectivity index (χ0n) is 13.3. The molecule has 1 aliphatic heterocycles. The van der Waals surface area contributed by atoms with Gasteiger partial charge in [0.1, 0.15) is 5.75 Å². The predicted octanol–water partition coefficient (Wildman–Crippen LogP) is 1.84. The number of ether oxygens (including phenoxy) is 1. The molecule has 21 heavy (non-hydrogen) atoms. The van der Waals surface area contributed by atoms with Crippen molar-refractivity contribution in [2.24, 2.45) is 0 Å². The van der Waals surface area contributed by atoms with Gasteiger partial charge in [-0.2, -0.15) is 0 Å². The molecular weight excluding hydrogens is 266 g/mol. The number of nitrogens with zero attached hydrogens (tertiary/aromatic N) is 1. The molecular formula is C16H25N3O2. The van der Waals surface area contributed by atoms with Crippen molar-refractivity contribution in [3.63, 3.8) is 0 Å². The quantitative estimate of drug-likeness (QED) is 0.869. The summed E-state index contributed by atoms with van der Waals surface area (Å²) in [5, 5.41) is 6.29. The molecule has 0 aliphatic carbocycles. The van der Waals surface area contributed by atoms with Gasteiger partial charge in [0.05, 0.1) is 18.3 Å². The minimum absolute atomic E-state index is 0.000281. The number of carbonyl (C=O) groups excluding carboxylic acids is 1. The molecule has 0 radical (unpaired) electrons. The lowest BCUT2D eigenvalue weighted by molar-refractivity contribution is -0.121. The highest BCUT2D eigenvalue weighted by molar-refractivity contribution is 5.99. The second kappa shape index (κ2) is 6.45. The van der Waals surface area contributed by atoms with Gasteiger partial charge in [0, 0.05) is 6.54 Å². The summed E-state index contributed by atoms with van der Waals surface area (Å²) in [5.41, 5.74) is 1.39. The number of hydrogen-bond donors (Lipinski definition) is 2. The number of benzene rings is 1. The molecule has 5 nitrogen and oxygen atoms in total. The Morgan fingerprint density at radius 2 is 2.24 bits per heavy atom. The first-order valence-electron chi connectivity index (χ1n) is 7.33. The van der Waals surface area contributed by atoms with Crippen molar-refractivity contribution in [3.8, 4) is 5.75 Å². The summed E-state index contributed by atoms with van der Waals surface area (Å²) in [4.78, 5) is 14.6. The summed E-state index contributed by atoms with van der Waals surface area (Å²) in [6.07, 6.45) is 1.89. The molecule has 1 fully saturated rings. The number of methoxy groups -OCH3 is 1. The maximum atomic E-state index is 12.5. The Balaban J connectivity index is 2.18. The maximum absolute atomic E-state index is 12.5. The Kier molecular flexibility index (Phi) is 4.85. The van der Waals surface area contributed by atoms with Crippen LogP contribution in [0, 0.1) is 0 Å². The summed E-state index contributed by atoms with van der Waals surface area (Å²) < 4.78 is 5.35. The van der Waals surface area contributed by atoms with E-state index in [9.17, 15) is 4.79 Å². The monoisotopic (exact) mass is 291 g/mol. The third-order valence-electron chi connectivity index (χ3n) is 3.88. The van der Waals surface area contributed by atoms with Gasteiger partial charge in [-0.3, -0.25) is 4.79 Å². The molecule has 1 heterocycles. The van der Waals surface area contributed by atoms with Gasteiger partial charge < -0.3 is 20.3 Å². The van der Waals surface area contributed by atoms with Crippen LogP contribution in [0.3, 0.4) is 0 Å². The number of rotatable bonds is 5. The molecule has 1 unspecified atom stereocenters. The van der Waals surface area contributed by atoms with E-state index in [1.54, 1.807) is 7.11 Å². The summed E-state index contributed by atoms with van der Waals surface area (Å²) in [7, 11) is 5.66. The normalized spacial score (nSPS) is 21.6. The van der Waals surface area contributed by atoms with Gasteiger partial charge in [-0.1, -0.05) is 6.07 Å². The van der Waals surface area contributed by atoms with Crippen LogP contribution < -0.4 is 15.4 Å². The smallest absolute Gasteiger partial charge is 0.244 e. The van der Waals surface area contributed by atoms with Crippen LogP contribution in [0.2, 0.25) is 0 Å². The molecule has 5 heteroatoms. The lowest BCUT2D eigenvalue weighted by Crippen LogP contribution is -2.48. The number of hydrogen-bond acceptors (Lipinski definition) is 4. The van der Waals surface area contributed by atoms with Crippen molar-refractivity contribution in [3.05, 3.63) is 23.8 Å². The Morgan fingerprint density at radius 3 is 2.81 bits per heavy atom. The van der Waals surface area contributed by atoms with Gasteiger partial charge in [0.2, 0.25) is 5.91 Å². The van der Waals surface area contributed by atoms with E-state index in [2.05, 4.69) is 15.5 Å². The first-order valence-corrected chi connectivity index (χ1v) is 7.33. The molecule has 1 aromatic rings. The third kappa shape index (κ3) is 3.74. The van der Waals surface area contributed by atoms with Crippen LogP contribution in [0.25, 0.3) is 0 Å². The summed E-state index contributed by atoms with van der Waals surface area (Å²) in [5.74, 6) is 0.688. The molecule has 1 aromatic carbocycles. The fourth-order valence-electron chi connectivity index (χ4n) is 2.66. The molecule has 1 atom stereocenters. The van der Waals surface area contributed by atoms with Crippen LogP contribution in [0.1, 0.15) is 25.3 Å². The first-order chi connectivity index (χ1) is 9.94. The number of carbonyl (C=O) groups is 1.